The van der Waals surface area contributed by atoms with Crippen molar-refractivity contribution in [2.75, 3.05) is 38.2 Å². The first kappa shape index (κ1) is 32.5. The van der Waals surface area contributed by atoms with Gasteiger partial charge in [-0.3, -0.25) is 19.3 Å². The third-order valence-electron chi connectivity index (χ3n) is 10.1. The van der Waals surface area contributed by atoms with Crippen molar-refractivity contribution in [1.29, 1.82) is 0 Å². The van der Waals surface area contributed by atoms with Crippen LogP contribution in [0.3, 0.4) is 0 Å². The fraction of sp³-hybridized carbons (Fsp3) is 0.583. The lowest BCUT2D eigenvalue weighted by Crippen LogP contribution is -2.75. The second-order valence-corrected chi connectivity index (χ2v) is 13.5. The molecule has 3 aliphatic heterocycles. The Labute approximate surface area is 271 Å². The van der Waals surface area contributed by atoms with Crippen molar-refractivity contribution in [2.45, 2.75) is 88.9 Å². The SMILES string of the molecule is CCCCN1C(=O)[C@@H]([C@H](O)C2CCOCC2)NC(=O)C12CCN(Cc1ccc(Oc3ccc(NC(=O)CC4CC4)cc3)cc1)CC2. The maximum atomic E-state index is 13.8. The van der Waals surface area contributed by atoms with Crippen LogP contribution in [0.15, 0.2) is 48.5 Å². The van der Waals surface area contributed by atoms with Gasteiger partial charge in [-0.2, -0.15) is 0 Å². The maximum Gasteiger partial charge on any atom is 0.248 e. The highest BCUT2D eigenvalue weighted by molar-refractivity contribution is 6.00. The van der Waals surface area contributed by atoms with E-state index in [-0.39, 0.29) is 23.6 Å². The summed E-state index contributed by atoms with van der Waals surface area (Å²) >= 11 is 0. The lowest BCUT2D eigenvalue weighted by atomic mass is 9.79. The number of nitrogens with zero attached hydrogens (tertiary/aromatic N) is 2. The lowest BCUT2D eigenvalue weighted by molar-refractivity contribution is -0.166. The molecule has 6 rings (SSSR count). The summed E-state index contributed by atoms with van der Waals surface area (Å²) in [6.07, 6.45) is 6.25. The molecule has 4 aliphatic rings. The van der Waals surface area contributed by atoms with Gasteiger partial charge < -0.3 is 30.1 Å². The van der Waals surface area contributed by atoms with E-state index in [1.807, 2.05) is 36.4 Å². The van der Waals surface area contributed by atoms with Gasteiger partial charge in [-0.15, -0.1) is 0 Å². The molecule has 3 heterocycles. The quantitative estimate of drug-likeness (QED) is 0.316. The molecule has 10 nitrogen and oxygen atoms in total. The van der Waals surface area contributed by atoms with Gasteiger partial charge in [-0.25, -0.2) is 0 Å². The molecule has 2 aromatic carbocycles. The monoisotopic (exact) mass is 632 g/mol. The number of rotatable bonds is 12. The average Bonchev–Trinajstić information content (AvgIpc) is 3.89. The molecule has 3 saturated heterocycles. The minimum Gasteiger partial charge on any atom is -0.457 e. The summed E-state index contributed by atoms with van der Waals surface area (Å²) in [7, 11) is 0. The molecule has 10 heteroatoms. The van der Waals surface area contributed by atoms with Crippen LogP contribution in [0.5, 0.6) is 11.5 Å². The highest BCUT2D eigenvalue weighted by Crippen LogP contribution is 2.36. The molecule has 4 fully saturated rings. The van der Waals surface area contributed by atoms with Gasteiger partial charge in [0.2, 0.25) is 17.7 Å². The van der Waals surface area contributed by atoms with Crippen LogP contribution in [-0.2, 0) is 25.7 Å². The lowest BCUT2D eigenvalue weighted by Gasteiger charge is -2.52. The molecule has 3 amide bonds. The zero-order chi connectivity index (χ0) is 32.1. The van der Waals surface area contributed by atoms with Gasteiger partial charge in [0, 0.05) is 51.5 Å². The van der Waals surface area contributed by atoms with Crippen molar-refractivity contribution in [2.24, 2.45) is 11.8 Å². The Hall–Kier alpha value is -3.47. The van der Waals surface area contributed by atoms with Crippen LogP contribution in [0.4, 0.5) is 5.69 Å². The number of benzene rings is 2. The Morgan fingerprint density at radius 2 is 1.67 bits per heavy atom. The number of aliphatic hydroxyl groups is 1. The number of hydrogen-bond donors (Lipinski definition) is 3. The van der Waals surface area contributed by atoms with Gasteiger partial charge in [0.1, 0.15) is 23.1 Å². The van der Waals surface area contributed by atoms with E-state index >= 15 is 0 Å². The Morgan fingerprint density at radius 1 is 1.02 bits per heavy atom. The molecule has 0 radical (unpaired) electrons. The molecule has 46 heavy (non-hydrogen) atoms. The van der Waals surface area contributed by atoms with Crippen molar-refractivity contribution in [3.8, 4) is 11.5 Å². The van der Waals surface area contributed by atoms with E-state index in [0.717, 1.165) is 49.2 Å². The van der Waals surface area contributed by atoms with Gasteiger partial charge in [0.15, 0.2) is 0 Å². The first-order valence-corrected chi connectivity index (χ1v) is 17.1. The molecule has 2 aromatic rings. The van der Waals surface area contributed by atoms with Crippen LogP contribution in [0.25, 0.3) is 0 Å². The molecule has 1 aliphatic carbocycles. The predicted octanol–water partition coefficient (Wildman–Crippen LogP) is 4.47. The van der Waals surface area contributed by atoms with E-state index in [4.69, 9.17) is 9.47 Å². The van der Waals surface area contributed by atoms with Gasteiger partial charge >= 0.3 is 0 Å². The molecular weight excluding hydrogens is 584 g/mol. The molecular formula is C36H48N4O6. The number of amides is 3. The highest BCUT2D eigenvalue weighted by Gasteiger charge is 2.55. The number of piperidine rings is 1. The van der Waals surface area contributed by atoms with Crippen molar-refractivity contribution in [3.05, 3.63) is 54.1 Å². The molecule has 2 atom stereocenters. The third-order valence-corrected chi connectivity index (χ3v) is 10.1. The Morgan fingerprint density at radius 3 is 2.30 bits per heavy atom. The van der Waals surface area contributed by atoms with Crippen LogP contribution in [0.1, 0.15) is 70.3 Å². The third kappa shape index (κ3) is 7.56. The fourth-order valence-electron chi connectivity index (χ4n) is 7.08. The molecule has 1 saturated carbocycles. The summed E-state index contributed by atoms with van der Waals surface area (Å²) in [6.45, 7) is 5.88. The van der Waals surface area contributed by atoms with Gasteiger partial charge in [0.05, 0.1) is 6.10 Å². The summed E-state index contributed by atoms with van der Waals surface area (Å²) in [5, 5.41) is 17.1. The number of nitrogens with one attached hydrogen (secondary N) is 2. The van der Waals surface area contributed by atoms with Gasteiger partial charge in [-0.05, 0) is 98.7 Å². The van der Waals surface area contributed by atoms with Gasteiger partial charge in [-0.1, -0.05) is 25.5 Å². The van der Waals surface area contributed by atoms with E-state index in [9.17, 15) is 19.5 Å². The number of ether oxygens (including phenoxy) is 2. The van der Waals surface area contributed by atoms with Crippen LogP contribution >= 0.6 is 0 Å². The average molecular weight is 633 g/mol. The number of carbonyl (C=O) groups is 3. The second-order valence-electron chi connectivity index (χ2n) is 13.5. The molecule has 3 N–H and O–H groups in total. The minimum absolute atomic E-state index is 0.0557. The second kappa shape index (κ2) is 14.5. The van der Waals surface area contributed by atoms with Crippen LogP contribution < -0.4 is 15.4 Å². The number of unbranched alkanes of at least 4 members (excludes halogenated alkanes) is 1. The Balaban J connectivity index is 1.02. The fourth-order valence-corrected chi connectivity index (χ4v) is 7.08. The summed E-state index contributed by atoms with van der Waals surface area (Å²) < 4.78 is 11.5. The number of likely N-dealkylation sites (tertiary alicyclic amines) is 1. The molecule has 0 aromatic heterocycles. The van der Waals surface area contributed by atoms with E-state index in [1.54, 1.807) is 4.90 Å². The minimum atomic E-state index is -0.905. The molecule has 248 valence electrons. The van der Waals surface area contributed by atoms with Crippen molar-refractivity contribution < 1.29 is 29.0 Å². The zero-order valence-electron chi connectivity index (χ0n) is 26.9. The maximum absolute atomic E-state index is 13.8. The first-order chi connectivity index (χ1) is 22.3. The molecule has 0 bridgehead atoms. The van der Waals surface area contributed by atoms with E-state index in [1.165, 1.54) is 0 Å². The summed E-state index contributed by atoms with van der Waals surface area (Å²) in [5.41, 5.74) is 1.04. The highest BCUT2D eigenvalue weighted by atomic mass is 16.5. The predicted molar refractivity (Wildman–Crippen MR) is 174 cm³/mol. The number of aliphatic hydroxyl groups excluding tert-OH is 1. The summed E-state index contributed by atoms with van der Waals surface area (Å²) in [5.74, 6) is 1.71. The molecule has 1 spiro atoms. The number of carbonyl (C=O) groups excluding carboxylic acids is 3. The standard InChI is InChI=1S/C36H48N4O6/c1-2-3-18-40-34(43)32(33(42)27-14-21-45-22-15-27)38-35(44)36(40)16-19-39(20-17-36)24-26-6-10-29(11-7-26)46-30-12-8-28(9-13-30)37-31(41)23-25-4-5-25/h6-13,25,27,32-33,42H,2-5,14-24H2,1H3,(H,37,41)(H,38,44)/t32-,33-/m1/s1. The van der Waals surface area contributed by atoms with Crippen LogP contribution in [0, 0.1) is 11.8 Å². The van der Waals surface area contributed by atoms with Crippen LogP contribution in [0.2, 0.25) is 0 Å². The number of hydrogen-bond acceptors (Lipinski definition) is 7. The van der Waals surface area contributed by atoms with Gasteiger partial charge in [0.25, 0.3) is 0 Å². The summed E-state index contributed by atoms with van der Waals surface area (Å²) in [4.78, 5) is 43.8. The van der Waals surface area contributed by atoms with E-state index < -0.39 is 17.7 Å². The van der Waals surface area contributed by atoms with Crippen molar-refractivity contribution >= 4 is 23.4 Å². The Kier molecular flexibility index (Phi) is 10.3. The largest absolute Gasteiger partial charge is 0.457 e. The molecule has 0 unspecified atom stereocenters. The smallest absolute Gasteiger partial charge is 0.248 e. The van der Waals surface area contributed by atoms with Crippen molar-refractivity contribution in [3.63, 3.8) is 0 Å². The van der Waals surface area contributed by atoms with Crippen LogP contribution in [-0.4, -0.2) is 83.2 Å². The zero-order valence-corrected chi connectivity index (χ0v) is 26.9. The van der Waals surface area contributed by atoms with E-state index in [2.05, 4.69) is 34.6 Å². The summed E-state index contributed by atoms with van der Waals surface area (Å²) in [6, 6.07) is 14.5. The number of piperazine rings is 1. The van der Waals surface area contributed by atoms with E-state index in [0.29, 0.717) is 76.6 Å². The number of anilines is 1. The topological polar surface area (TPSA) is 120 Å². The normalized spacial score (nSPS) is 22.8. The Bertz CT molecular complexity index is 1350. The first-order valence-electron chi connectivity index (χ1n) is 17.1. The van der Waals surface area contributed by atoms with Crippen molar-refractivity contribution in [1.82, 2.24) is 15.1 Å².